The molecular formula is C13H11ClF3NO3. The Morgan fingerprint density at radius 3 is 2.24 bits per heavy atom. The quantitative estimate of drug-likeness (QED) is 0.834. The molecule has 0 aliphatic rings. The fourth-order valence-electron chi connectivity index (χ4n) is 1.43. The Morgan fingerprint density at radius 2 is 1.76 bits per heavy atom. The number of hydrogen-bond donors (Lipinski definition) is 2. The number of rotatable bonds is 3. The van der Waals surface area contributed by atoms with E-state index in [1.165, 1.54) is 19.9 Å². The van der Waals surface area contributed by atoms with Crippen molar-refractivity contribution in [1.82, 2.24) is 0 Å². The molecule has 0 saturated heterocycles. The van der Waals surface area contributed by atoms with Crippen LogP contribution in [0.4, 0.5) is 18.9 Å². The van der Waals surface area contributed by atoms with Gasteiger partial charge in [0.1, 0.15) is 0 Å². The number of carboxylic acid groups (broad SMARTS) is 1. The van der Waals surface area contributed by atoms with Gasteiger partial charge in [-0.3, -0.25) is 4.79 Å². The minimum atomic E-state index is -4.70. The molecule has 1 aromatic carbocycles. The summed E-state index contributed by atoms with van der Waals surface area (Å²) in [4.78, 5) is 22.6. The van der Waals surface area contributed by atoms with E-state index < -0.39 is 29.3 Å². The molecule has 0 heterocycles. The van der Waals surface area contributed by atoms with Gasteiger partial charge in [0.15, 0.2) is 0 Å². The van der Waals surface area contributed by atoms with Crippen LogP contribution in [0.3, 0.4) is 0 Å². The van der Waals surface area contributed by atoms with E-state index in [0.29, 0.717) is 0 Å². The van der Waals surface area contributed by atoms with Crippen molar-refractivity contribution >= 4 is 29.2 Å². The maximum atomic E-state index is 12.9. The van der Waals surface area contributed by atoms with Crippen LogP contribution in [0.15, 0.2) is 29.3 Å². The third-order valence-electron chi connectivity index (χ3n) is 2.78. The summed E-state index contributed by atoms with van der Waals surface area (Å²) in [7, 11) is 0. The summed E-state index contributed by atoms with van der Waals surface area (Å²) in [6.07, 6.45) is -4.70. The minimum Gasteiger partial charge on any atom is -0.478 e. The summed E-state index contributed by atoms with van der Waals surface area (Å²) < 4.78 is 38.6. The van der Waals surface area contributed by atoms with Crippen molar-refractivity contribution in [3.05, 3.63) is 39.9 Å². The van der Waals surface area contributed by atoms with Gasteiger partial charge in [-0.1, -0.05) is 17.7 Å². The van der Waals surface area contributed by atoms with Gasteiger partial charge in [0.2, 0.25) is 0 Å². The van der Waals surface area contributed by atoms with Crippen LogP contribution in [-0.2, 0) is 15.8 Å². The van der Waals surface area contributed by atoms with Crippen molar-refractivity contribution in [2.45, 2.75) is 20.0 Å². The number of hydrogen-bond acceptors (Lipinski definition) is 2. The Morgan fingerprint density at radius 1 is 1.19 bits per heavy atom. The van der Waals surface area contributed by atoms with Crippen molar-refractivity contribution in [2.24, 2.45) is 0 Å². The number of nitrogens with one attached hydrogen (secondary N) is 1. The Hall–Kier alpha value is -2.02. The number of carbonyl (C=O) groups is 2. The highest BCUT2D eigenvalue weighted by molar-refractivity contribution is 6.34. The molecule has 0 unspecified atom stereocenters. The van der Waals surface area contributed by atoms with Crippen LogP contribution in [0.5, 0.6) is 0 Å². The molecule has 0 atom stereocenters. The van der Waals surface area contributed by atoms with E-state index in [1.807, 2.05) is 5.32 Å². The molecule has 0 bridgehead atoms. The van der Waals surface area contributed by atoms with Crippen molar-refractivity contribution in [2.75, 3.05) is 5.32 Å². The van der Waals surface area contributed by atoms with Crippen molar-refractivity contribution < 1.29 is 27.9 Å². The number of halogens is 4. The zero-order chi connectivity index (χ0) is 16.4. The number of benzene rings is 1. The lowest BCUT2D eigenvalue weighted by atomic mass is 10.1. The summed E-state index contributed by atoms with van der Waals surface area (Å²) in [5, 5.41) is 10.5. The molecule has 0 aromatic heterocycles. The van der Waals surface area contributed by atoms with E-state index in [9.17, 15) is 22.8 Å². The normalized spacial score (nSPS) is 12.7. The highest BCUT2D eigenvalue weighted by Gasteiger charge is 2.35. The van der Waals surface area contributed by atoms with Gasteiger partial charge in [-0.2, -0.15) is 13.2 Å². The van der Waals surface area contributed by atoms with Gasteiger partial charge >= 0.3 is 12.1 Å². The molecule has 2 N–H and O–H groups in total. The standard InChI is InChI=1S/C13H11ClF3NO3/c1-6(7(2)12(20)21)11(19)18-10-8(13(15,16)17)4-3-5-9(10)14/h3-5H,1-2H3,(H,18,19)(H,20,21). The molecule has 0 spiro atoms. The SMILES string of the molecule is CC(C(=O)O)=C(C)C(=O)Nc1c(Cl)cccc1C(F)(F)F. The lowest BCUT2D eigenvalue weighted by Crippen LogP contribution is -2.19. The molecule has 1 amide bonds. The van der Waals surface area contributed by atoms with E-state index >= 15 is 0 Å². The minimum absolute atomic E-state index is 0.212. The molecule has 0 saturated carbocycles. The van der Waals surface area contributed by atoms with E-state index in [4.69, 9.17) is 16.7 Å². The molecule has 21 heavy (non-hydrogen) atoms. The predicted molar refractivity (Wildman–Crippen MR) is 71.1 cm³/mol. The van der Waals surface area contributed by atoms with Crippen LogP contribution in [-0.4, -0.2) is 17.0 Å². The summed E-state index contributed by atoms with van der Waals surface area (Å²) in [6.45, 7) is 2.37. The van der Waals surface area contributed by atoms with Crippen LogP contribution in [0.25, 0.3) is 0 Å². The van der Waals surface area contributed by atoms with Crippen molar-refractivity contribution in [1.29, 1.82) is 0 Å². The molecule has 0 radical (unpaired) electrons. The first-order valence-corrected chi connectivity index (χ1v) is 6.01. The molecule has 0 aliphatic heterocycles. The number of amides is 1. The van der Waals surface area contributed by atoms with Crippen LogP contribution < -0.4 is 5.32 Å². The molecule has 1 rings (SSSR count). The number of carbonyl (C=O) groups excluding carboxylic acids is 1. The Bertz CT molecular complexity index is 624. The van der Waals surface area contributed by atoms with Crippen LogP contribution in [0.1, 0.15) is 19.4 Å². The van der Waals surface area contributed by atoms with Crippen LogP contribution in [0, 0.1) is 0 Å². The van der Waals surface area contributed by atoms with Gasteiger partial charge in [-0.05, 0) is 26.0 Å². The van der Waals surface area contributed by atoms with Crippen LogP contribution >= 0.6 is 11.6 Å². The number of alkyl halides is 3. The van der Waals surface area contributed by atoms with Gasteiger partial charge in [-0.25, -0.2) is 4.79 Å². The van der Waals surface area contributed by atoms with Gasteiger partial charge in [-0.15, -0.1) is 0 Å². The van der Waals surface area contributed by atoms with Gasteiger partial charge in [0, 0.05) is 11.1 Å². The maximum absolute atomic E-state index is 12.9. The lowest BCUT2D eigenvalue weighted by molar-refractivity contribution is -0.137. The average molecular weight is 322 g/mol. The number of anilines is 1. The summed E-state index contributed by atoms with van der Waals surface area (Å²) in [6, 6.07) is 3.06. The summed E-state index contributed by atoms with van der Waals surface area (Å²) in [5.41, 5.74) is -2.19. The van der Waals surface area contributed by atoms with Gasteiger partial charge in [0.05, 0.1) is 16.3 Å². The third kappa shape index (κ3) is 3.98. The third-order valence-corrected chi connectivity index (χ3v) is 3.10. The van der Waals surface area contributed by atoms with E-state index in [2.05, 4.69) is 0 Å². The molecule has 8 heteroatoms. The molecule has 0 aliphatic carbocycles. The fourth-order valence-corrected chi connectivity index (χ4v) is 1.65. The monoisotopic (exact) mass is 321 g/mol. The maximum Gasteiger partial charge on any atom is 0.418 e. The van der Waals surface area contributed by atoms with Crippen molar-refractivity contribution in [3.63, 3.8) is 0 Å². The Kier molecular flexibility index (Phi) is 5.01. The second-order valence-electron chi connectivity index (χ2n) is 4.17. The van der Waals surface area contributed by atoms with E-state index in [1.54, 1.807) is 0 Å². The van der Waals surface area contributed by atoms with E-state index in [-0.39, 0.29) is 16.2 Å². The predicted octanol–water partition coefficient (Wildman–Crippen LogP) is 3.72. The topological polar surface area (TPSA) is 66.4 Å². The smallest absolute Gasteiger partial charge is 0.418 e. The highest BCUT2D eigenvalue weighted by atomic mass is 35.5. The zero-order valence-corrected chi connectivity index (χ0v) is 11.8. The van der Waals surface area contributed by atoms with Crippen molar-refractivity contribution in [3.8, 4) is 0 Å². The highest BCUT2D eigenvalue weighted by Crippen LogP contribution is 2.38. The van der Waals surface area contributed by atoms with Gasteiger partial charge in [0.25, 0.3) is 5.91 Å². The first-order chi connectivity index (χ1) is 9.55. The molecule has 1 aromatic rings. The number of para-hydroxylation sites is 1. The Labute approximate surface area is 123 Å². The lowest BCUT2D eigenvalue weighted by Gasteiger charge is -2.15. The largest absolute Gasteiger partial charge is 0.478 e. The average Bonchev–Trinajstić information content (AvgIpc) is 2.37. The van der Waals surface area contributed by atoms with Gasteiger partial charge < -0.3 is 10.4 Å². The Balaban J connectivity index is 3.24. The first-order valence-electron chi connectivity index (χ1n) is 5.63. The first kappa shape index (κ1) is 17.0. The molecule has 114 valence electrons. The second-order valence-corrected chi connectivity index (χ2v) is 4.58. The zero-order valence-electron chi connectivity index (χ0n) is 11.0. The van der Waals surface area contributed by atoms with E-state index in [0.717, 1.165) is 12.1 Å². The van der Waals surface area contributed by atoms with Crippen LogP contribution in [0.2, 0.25) is 5.02 Å². The summed E-state index contributed by atoms with van der Waals surface area (Å²) >= 11 is 5.68. The second kappa shape index (κ2) is 6.17. The molecule has 0 fully saturated rings. The molecular weight excluding hydrogens is 311 g/mol. The molecule has 4 nitrogen and oxygen atoms in total. The summed E-state index contributed by atoms with van der Waals surface area (Å²) in [5.74, 6) is -2.30. The number of aliphatic carboxylic acids is 1. The fraction of sp³-hybridized carbons (Fsp3) is 0.231. The number of carboxylic acids is 1.